The summed E-state index contributed by atoms with van der Waals surface area (Å²) >= 11 is 8.56. The van der Waals surface area contributed by atoms with E-state index in [1.54, 1.807) is 46.3 Å². The lowest BCUT2D eigenvalue weighted by Gasteiger charge is -2.26. The van der Waals surface area contributed by atoms with Gasteiger partial charge >= 0.3 is 5.97 Å². The van der Waals surface area contributed by atoms with Crippen LogP contribution in [0.3, 0.4) is 0 Å². The molecule has 4 aromatic carbocycles. The SMILES string of the molecule is CCOC(=O)C1=C(C)N=c2s/c(=C/c3cc(Br)c(OCc4cccc5ccccc45)c(OC)c3)c(=O)n2[C@@H]1c1cc(OC)c(OCC)cc1Br. The van der Waals surface area contributed by atoms with Gasteiger partial charge in [0, 0.05) is 4.47 Å². The molecule has 258 valence electrons. The number of thiazole rings is 1. The van der Waals surface area contributed by atoms with E-state index in [0.717, 1.165) is 16.3 Å². The van der Waals surface area contributed by atoms with Crippen molar-refractivity contribution in [2.45, 2.75) is 33.4 Å². The van der Waals surface area contributed by atoms with Crippen LogP contribution >= 0.6 is 43.2 Å². The zero-order valence-corrected chi connectivity index (χ0v) is 32.0. The highest BCUT2D eigenvalue weighted by Crippen LogP contribution is 2.41. The van der Waals surface area contributed by atoms with Crippen molar-refractivity contribution in [1.82, 2.24) is 4.57 Å². The highest BCUT2D eigenvalue weighted by molar-refractivity contribution is 9.10. The first-order valence-electron chi connectivity index (χ1n) is 15.9. The van der Waals surface area contributed by atoms with Crippen LogP contribution in [0.25, 0.3) is 16.8 Å². The molecule has 0 unspecified atom stereocenters. The molecule has 1 aliphatic heterocycles. The number of methoxy groups -OCH3 is 2. The van der Waals surface area contributed by atoms with Crippen molar-refractivity contribution in [2.75, 3.05) is 27.4 Å². The summed E-state index contributed by atoms with van der Waals surface area (Å²) in [5.74, 6) is 1.48. The van der Waals surface area contributed by atoms with Gasteiger partial charge in [-0.25, -0.2) is 9.79 Å². The number of nitrogens with zero attached hydrogens (tertiary/aromatic N) is 2. The lowest BCUT2D eigenvalue weighted by molar-refractivity contribution is -0.139. The molecule has 0 fully saturated rings. The first kappa shape index (κ1) is 35.4. The predicted molar refractivity (Wildman–Crippen MR) is 201 cm³/mol. The molecular formula is C38H34Br2N2O7S. The third-order valence-electron chi connectivity index (χ3n) is 8.20. The Morgan fingerprint density at radius 3 is 2.42 bits per heavy atom. The minimum Gasteiger partial charge on any atom is -0.493 e. The van der Waals surface area contributed by atoms with E-state index in [1.807, 2.05) is 43.3 Å². The van der Waals surface area contributed by atoms with E-state index in [4.69, 9.17) is 28.7 Å². The Labute approximate surface area is 309 Å². The monoisotopic (exact) mass is 820 g/mol. The fourth-order valence-corrected chi connectivity index (χ4v) is 8.12. The highest BCUT2D eigenvalue weighted by atomic mass is 79.9. The summed E-state index contributed by atoms with van der Waals surface area (Å²) in [6, 6.07) is 20.7. The Morgan fingerprint density at radius 1 is 0.920 bits per heavy atom. The topological polar surface area (TPSA) is 97.6 Å². The van der Waals surface area contributed by atoms with Gasteiger partial charge in [-0.1, -0.05) is 69.7 Å². The molecule has 0 amide bonds. The van der Waals surface area contributed by atoms with E-state index in [2.05, 4.69) is 50.1 Å². The summed E-state index contributed by atoms with van der Waals surface area (Å²) in [6.45, 7) is 6.30. The average Bonchev–Trinajstić information content (AvgIpc) is 3.40. The van der Waals surface area contributed by atoms with E-state index in [9.17, 15) is 9.59 Å². The second-order valence-electron chi connectivity index (χ2n) is 11.2. The van der Waals surface area contributed by atoms with Crippen LogP contribution in [0.1, 0.15) is 43.5 Å². The van der Waals surface area contributed by atoms with Crippen LogP contribution in [0.4, 0.5) is 0 Å². The van der Waals surface area contributed by atoms with Crippen LogP contribution in [0.2, 0.25) is 0 Å². The number of hydrogen-bond acceptors (Lipinski definition) is 9. The second kappa shape index (κ2) is 15.2. The van der Waals surface area contributed by atoms with Crippen LogP contribution in [0, 0.1) is 0 Å². The van der Waals surface area contributed by atoms with Crippen molar-refractivity contribution in [2.24, 2.45) is 4.99 Å². The molecule has 2 heterocycles. The van der Waals surface area contributed by atoms with Crippen molar-refractivity contribution >= 4 is 66.0 Å². The Kier molecular flexibility index (Phi) is 10.8. The molecule has 12 heteroatoms. The molecule has 0 spiro atoms. The fourth-order valence-electron chi connectivity index (χ4n) is 5.96. The van der Waals surface area contributed by atoms with Crippen molar-refractivity contribution in [3.05, 3.63) is 123 Å². The van der Waals surface area contributed by atoms with Gasteiger partial charge in [0.2, 0.25) is 0 Å². The number of carbonyl (C=O) groups excluding carboxylic acids is 1. The molecule has 50 heavy (non-hydrogen) atoms. The van der Waals surface area contributed by atoms with Crippen LogP contribution in [-0.2, 0) is 16.1 Å². The van der Waals surface area contributed by atoms with Gasteiger partial charge in [0.25, 0.3) is 5.56 Å². The molecule has 0 saturated carbocycles. The third kappa shape index (κ3) is 6.84. The molecule has 6 rings (SSSR count). The van der Waals surface area contributed by atoms with E-state index in [0.29, 0.717) is 71.3 Å². The molecule has 0 N–H and O–H groups in total. The van der Waals surface area contributed by atoms with E-state index in [-0.39, 0.29) is 17.7 Å². The first-order valence-corrected chi connectivity index (χ1v) is 18.3. The summed E-state index contributed by atoms with van der Waals surface area (Å²) in [5.41, 5.74) is 2.77. The summed E-state index contributed by atoms with van der Waals surface area (Å²) in [4.78, 5) is 32.9. The second-order valence-corrected chi connectivity index (χ2v) is 13.9. The molecule has 0 aliphatic carbocycles. The van der Waals surface area contributed by atoms with Crippen molar-refractivity contribution in [3.63, 3.8) is 0 Å². The van der Waals surface area contributed by atoms with Crippen LogP contribution < -0.4 is 33.8 Å². The van der Waals surface area contributed by atoms with E-state index >= 15 is 0 Å². The molecule has 0 bridgehead atoms. The van der Waals surface area contributed by atoms with Gasteiger partial charge in [-0.3, -0.25) is 9.36 Å². The van der Waals surface area contributed by atoms with E-state index in [1.165, 1.54) is 15.9 Å². The maximum Gasteiger partial charge on any atom is 0.338 e. The molecule has 9 nitrogen and oxygen atoms in total. The van der Waals surface area contributed by atoms with Gasteiger partial charge in [0.1, 0.15) is 6.61 Å². The maximum atomic E-state index is 14.3. The first-order chi connectivity index (χ1) is 24.2. The molecule has 0 saturated heterocycles. The zero-order chi connectivity index (χ0) is 35.5. The Balaban J connectivity index is 1.43. The number of esters is 1. The van der Waals surface area contributed by atoms with Gasteiger partial charge in [-0.15, -0.1) is 0 Å². The van der Waals surface area contributed by atoms with Gasteiger partial charge < -0.3 is 23.7 Å². The molecule has 0 radical (unpaired) electrons. The largest absolute Gasteiger partial charge is 0.493 e. The number of ether oxygens (including phenoxy) is 5. The number of benzene rings is 4. The molecule has 1 aromatic heterocycles. The number of rotatable bonds is 11. The van der Waals surface area contributed by atoms with Crippen LogP contribution in [0.15, 0.2) is 96.7 Å². The number of carbonyl (C=O) groups is 1. The Hall–Kier alpha value is -4.39. The average molecular weight is 823 g/mol. The van der Waals surface area contributed by atoms with Gasteiger partial charge in [-0.05, 0) is 94.5 Å². The number of halogens is 2. The fraction of sp³-hybridized carbons (Fsp3) is 0.237. The smallest absolute Gasteiger partial charge is 0.338 e. The maximum absolute atomic E-state index is 14.3. The molecule has 1 aliphatic rings. The summed E-state index contributed by atoms with van der Waals surface area (Å²) in [5, 5.41) is 2.25. The molecular weight excluding hydrogens is 788 g/mol. The summed E-state index contributed by atoms with van der Waals surface area (Å²) in [7, 11) is 3.12. The van der Waals surface area contributed by atoms with Gasteiger partial charge in [0.15, 0.2) is 27.8 Å². The number of fused-ring (bicyclic) bond motifs is 2. The quantitative estimate of drug-likeness (QED) is 0.128. The lowest BCUT2D eigenvalue weighted by atomic mass is 9.95. The zero-order valence-electron chi connectivity index (χ0n) is 28.0. The third-order valence-corrected chi connectivity index (χ3v) is 10.5. The lowest BCUT2D eigenvalue weighted by Crippen LogP contribution is -2.40. The van der Waals surface area contributed by atoms with Gasteiger partial charge in [0.05, 0.1) is 53.8 Å². The minimum absolute atomic E-state index is 0.166. The van der Waals surface area contributed by atoms with E-state index < -0.39 is 12.0 Å². The normalized spacial score (nSPS) is 14.3. The Bertz CT molecular complexity index is 2330. The number of aromatic nitrogens is 1. The van der Waals surface area contributed by atoms with Gasteiger partial charge in [-0.2, -0.15) is 0 Å². The van der Waals surface area contributed by atoms with Crippen molar-refractivity contribution < 1.29 is 28.5 Å². The van der Waals surface area contributed by atoms with Crippen molar-refractivity contribution in [1.29, 1.82) is 0 Å². The van der Waals surface area contributed by atoms with Crippen LogP contribution in [0.5, 0.6) is 23.0 Å². The predicted octanol–water partition coefficient (Wildman–Crippen LogP) is 7.47. The standard InChI is InChI=1S/C38H34Br2N2O7S/c1-6-47-30-19-27(39)26(18-29(30)45-4)34-33(37(44)48-7-2)21(3)41-38-42(34)36(43)32(50-38)17-22-15-28(40)35(31(16-22)46-5)49-20-24-13-10-12-23-11-8-9-14-25(23)24/h8-19,34H,6-7,20H2,1-5H3/b32-17+/t34-/m1/s1. The molecule has 5 aromatic rings. The highest BCUT2D eigenvalue weighted by Gasteiger charge is 2.35. The summed E-state index contributed by atoms with van der Waals surface area (Å²) < 4.78 is 32.2. The summed E-state index contributed by atoms with van der Waals surface area (Å²) in [6.07, 6.45) is 1.78. The number of hydrogen-bond donors (Lipinski definition) is 0. The van der Waals surface area contributed by atoms with Crippen molar-refractivity contribution in [3.8, 4) is 23.0 Å². The minimum atomic E-state index is -0.850. The molecule has 1 atom stereocenters. The Morgan fingerprint density at radius 2 is 1.68 bits per heavy atom. The number of allylic oxidation sites excluding steroid dienone is 1. The van der Waals surface area contributed by atoms with Crippen LogP contribution in [-0.4, -0.2) is 38.0 Å².